The predicted octanol–water partition coefficient (Wildman–Crippen LogP) is 0.310. The van der Waals surface area contributed by atoms with Crippen LogP contribution in [0.25, 0.3) is 5.69 Å². The van der Waals surface area contributed by atoms with E-state index in [2.05, 4.69) is 10.2 Å². The minimum atomic E-state index is -0.834. The summed E-state index contributed by atoms with van der Waals surface area (Å²) >= 11 is 1.25. The first-order valence-electron chi connectivity index (χ1n) is 5.97. The number of hydrogen-bond acceptors (Lipinski definition) is 6. The lowest BCUT2D eigenvalue weighted by molar-refractivity contribution is 0.113. The third-order valence-electron chi connectivity index (χ3n) is 2.58. The van der Waals surface area contributed by atoms with Crippen molar-refractivity contribution in [1.29, 1.82) is 0 Å². The van der Waals surface area contributed by atoms with Gasteiger partial charge in [-0.2, -0.15) is 0 Å². The lowest BCUT2D eigenvalue weighted by atomic mass is 10.3. The summed E-state index contributed by atoms with van der Waals surface area (Å²) in [5, 5.41) is 26.7. The van der Waals surface area contributed by atoms with E-state index >= 15 is 0 Å². The van der Waals surface area contributed by atoms with Crippen LogP contribution < -0.4 is 5.73 Å². The summed E-state index contributed by atoms with van der Waals surface area (Å²) in [7, 11) is 0. The van der Waals surface area contributed by atoms with Gasteiger partial charge in [-0.3, -0.25) is 4.57 Å². The molecule has 2 aromatic rings. The van der Waals surface area contributed by atoms with Crippen LogP contribution in [0.1, 0.15) is 5.82 Å². The quantitative estimate of drug-likeness (QED) is 0.664. The normalized spacial score (nSPS) is 12.6. The van der Waals surface area contributed by atoms with Crippen LogP contribution in [0, 0.1) is 5.82 Å². The van der Waals surface area contributed by atoms with Crippen LogP contribution in [0.2, 0.25) is 0 Å². The lowest BCUT2D eigenvalue weighted by Crippen LogP contribution is -2.15. The Morgan fingerprint density at radius 1 is 1.30 bits per heavy atom. The van der Waals surface area contributed by atoms with Crippen molar-refractivity contribution in [2.24, 2.45) is 5.73 Å². The van der Waals surface area contributed by atoms with Crippen molar-refractivity contribution in [2.75, 3.05) is 12.4 Å². The van der Waals surface area contributed by atoms with E-state index in [4.69, 9.17) is 10.8 Å². The molecule has 0 aliphatic heterocycles. The number of aromatic nitrogens is 3. The van der Waals surface area contributed by atoms with Gasteiger partial charge >= 0.3 is 0 Å². The first-order valence-corrected chi connectivity index (χ1v) is 6.96. The third-order valence-corrected chi connectivity index (χ3v) is 3.66. The average molecular weight is 298 g/mol. The number of nitrogens with zero attached hydrogens (tertiary/aromatic N) is 3. The Labute approximate surface area is 119 Å². The Morgan fingerprint density at radius 2 is 2.00 bits per heavy atom. The van der Waals surface area contributed by atoms with Gasteiger partial charge in [0.15, 0.2) is 11.0 Å². The molecule has 0 aliphatic carbocycles. The van der Waals surface area contributed by atoms with Crippen LogP contribution in [0.3, 0.4) is 0 Å². The Morgan fingerprint density at radius 3 is 2.60 bits per heavy atom. The highest BCUT2D eigenvalue weighted by Crippen LogP contribution is 2.22. The Hall–Kier alpha value is -1.48. The fourth-order valence-corrected chi connectivity index (χ4v) is 2.48. The molecule has 0 amide bonds. The van der Waals surface area contributed by atoms with E-state index in [-0.39, 0.29) is 24.7 Å². The molecule has 2 rings (SSSR count). The molecule has 108 valence electrons. The number of benzene rings is 1. The number of halogens is 1. The molecule has 0 saturated carbocycles. The fraction of sp³-hybridized carbons (Fsp3) is 0.333. The lowest BCUT2D eigenvalue weighted by Gasteiger charge is -2.10. The maximum Gasteiger partial charge on any atom is 0.195 e. The highest BCUT2D eigenvalue weighted by atomic mass is 32.2. The van der Waals surface area contributed by atoms with Gasteiger partial charge in [0, 0.05) is 11.4 Å². The van der Waals surface area contributed by atoms with Gasteiger partial charge < -0.3 is 15.9 Å². The van der Waals surface area contributed by atoms with Gasteiger partial charge in [-0.1, -0.05) is 11.8 Å². The predicted molar refractivity (Wildman–Crippen MR) is 73.0 cm³/mol. The van der Waals surface area contributed by atoms with E-state index in [9.17, 15) is 9.50 Å². The molecule has 1 heterocycles. The Bertz CT molecular complexity index is 561. The van der Waals surface area contributed by atoms with E-state index in [1.54, 1.807) is 16.7 Å². The number of aliphatic hydroxyl groups excluding tert-OH is 2. The Kier molecular flexibility index (Phi) is 5.07. The van der Waals surface area contributed by atoms with Crippen LogP contribution in [0.15, 0.2) is 29.4 Å². The van der Waals surface area contributed by atoms with E-state index in [0.29, 0.717) is 16.7 Å². The van der Waals surface area contributed by atoms with E-state index in [1.165, 1.54) is 23.9 Å². The summed E-state index contributed by atoms with van der Waals surface area (Å²) in [5.74, 6) is 0.485. The van der Waals surface area contributed by atoms with Crippen LogP contribution >= 0.6 is 11.8 Å². The zero-order valence-electron chi connectivity index (χ0n) is 10.6. The maximum absolute atomic E-state index is 13.0. The molecule has 1 atom stereocenters. The molecule has 0 radical (unpaired) electrons. The monoisotopic (exact) mass is 298 g/mol. The molecule has 1 aromatic carbocycles. The average Bonchev–Trinajstić information content (AvgIpc) is 2.88. The van der Waals surface area contributed by atoms with Crippen molar-refractivity contribution in [2.45, 2.75) is 17.8 Å². The molecule has 8 heteroatoms. The largest absolute Gasteiger partial charge is 0.394 e. The van der Waals surface area contributed by atoms with Crippen LogP contribution in [-0.2, 0) is 6.54 Å². The number of thioether (sulfide) groups is 1. The van der Waals surface area contributed by atoms with Crippen LogP contribution in [0.5, 0.6) is 0 Å². The minimum absolute atomic E-state index is 0.188. The summed E-state index contributed by atoms with van der Waals surface area (Å²) < 4.78 is 14.7. The van der Waals surface area contributed by atoms with Gasteiger partial charge in [-0.05, 0) is 24.3 Å². The zero-order valence-corrected chi connectivity index (χ0v) is 11.4. The molecule has 0 fully saturated rings. The van der Waals surface area contributed by atoms with Crippen molar-refractivity contribution in [3.8, 4) is 5.69 Å². The number of aliphatic hydroxyl groups is 2. The van der Waals surface area contributed by atoms with Crippen LogP contribution in [-0.4, -0.2) is 43.4 Å². The van der Waals surface area contributed by atoms with Crippen molar-refractivity contribution in [1.82, 2.24) is 14.8 Å². The second kappa shape index (κ2) is 6.80. The van der Waals surface area contributed by atoms with Gasteiger partial charge in [-0.15, -0.1) is 10.2 Å². The van der Waals surface area contributed by atoms with Crippen molar-refractivity contribution < 1.29 is 14.6 Å². The molecule has 0 saturated heterocycles. The molecule has 4 N–H and O–H groups in total. The SMILES string of the molecule is NCc1nnc(SC[C@H](O)CO)n1-c1ccc(F)cc1. The minimum Gasteiger partial charge on any atom is -0.394 e. The molecular weight excluding hydrogens is 283 g/mol. The topological polar surface area (TPSA) is 97.2 Å². The fourth-order valence-electron chi connectivity index (χ4n) is 1.60. The van der Waals surface area contributed by atoms with Crippen molar-refractivity contribution >= 4 is 11.8 Å². The molecular formula is C12H15FN4O2S. The highest BCUT2D eigenvalue weighted by molar-refractivity contribution is 7.99. The van der Waals surface area contributed by atoms with E-state index in [0.717, 1.165) is 0 Å². The summed E-state index contributed by atoms with van der Waals surface area (Å²) in [6.45, 7) is -0.130. The van der Waals surface area contributed by atoms with Gasteiger partial charge in [0.1, 0.15) is 5.82 Å². The number of rotatable bonds is 6. The first-order chi connectivity index (χ1) is 9.65. The standard InChI is InChI=1S/C12H15FN4O2S/c13-8-1-3-9(4-2-8)17-11(5-14)15-16-12(17)20-7-10(19)6-18/h1-4,10,18-19H,5-7,14H2/t10-/m1/s1. The molecule has 6 nitrogen and oxygen atoms in total. The van der Waals surface area contributed by atoms with Gasteiger partial charge in [-0.25, -0.2) is 4.39 Å². The van der Waals surface area contributed by atoms with Crippen molar-refractivity contribution in [3.05, 3.63) is 35.9 Å². The second-order valence-electron chi connectivity index (χ2n) is 4.06. The van der Waals surface area contributed by atoms with E-state index < -0.39 is 6.10 Å². The number of hydrogen-bond donors (Lipinski definition) is 3. The van der Waals surface area contributed by atoms with Crippen LogP contribution in [0.4, 0.5) is 4.39 Å². The zero-order chi connectivity index (χ0) is 14.5. The molecule has 0 aliphatic rings. The Balaban J connectivity index is 2.29. The molecule has 0 unspecified atom stereocenters. The third kappa shape index (κ3) is 3.34. The second-order valence-corrected chi connectivity index (χ2v) is 5.05. The first kappa shape index (κ1) is 14.9. The molecule has 0 spiro atoms. The molecule has 1 aromatic heterocycles. The summed E-state index contributed by atoms with van der Waals surface area (Å²) in [6.07, 6.45) is -0.834. The van der Waals surface area contributed by atoms with Gasteiger partial charge in [0.25, 0.3) is 0 Å². The molecule has 20 heavy (non-hydrogen) atoms. The summed E-state index contributed by atoms with van der Waals surface area (Å²) in [5.41, 5.74) is 6.31. The smallest absolute Gasteiger partial charge is 0.195 e. The summed E-state index contributed by atoms with van der Waals surface area (Å²) in [6, 6.07) is 5.88. The van der Waals surface area contributed by atoms with E-state index in [1.807, 2.05) is 0 Å². The highest BCUT2D eigenvalue weighted by Gasteiger charge is 2.15. The summed E-state index contributed by atoms with van der Waals surface area (Å²) in [4.78, 5) is 0. The van der Waals surface area contributed by atoms with Crippen molar-refractivity contribution in [3.63, 3.8) is 0 Å². The molecule has 0 bridgehead atoms. The van der Waals surface area contributed by atoms with Gasteiger partial charge in [0.05, 0.1) is 19.3 Å². The number of nitrogens with two attached hydrogens (primary N) is 1. The maximum atomic E-state index is 13.0. The van der Waals surface area contributed by atoms with Gasteiger partial charge in [0.2, 0.25) is 0 Å².